The van der Waals surface area contributed by atoms with Crippen molar-refractivity contribution in [2.75, 3.05) is 19.7 Å². The van der Waals surface area contributed by atoms with Gasteiger partial charge >= 0.3 is 0 Å². The molecule has 0 N–H and O–H groups in total. The van der Waals surface area contributed by atoms with Crippen molar-refractivity contribution in [3.05, 3.63) is 0 Å². The van der Waals surface area contributed by atoms with Gasteiger partial charge in [-0.1, -0.05) is 13.8 Å². The van der Waals surface area contributed by atoms with Crippen LogP contribution in [0.4, 0.5) is 0 Å². The van der Waals surface area contributed by atoms with E-state index in [0.29, 0.717) is 19.7 Å². The largest absolute Gasteiger partial charge is 0.368 e. The van der Waals surface area contributed by atoms with Crippen LogP contribution in [0.3, 0.4) is 0 Å². The molecule has 17 heavy (non-hydrogen) atoms. The van der Waals surface area contributed by atoms with Crippen LogP contribution < -0.4 is 0 Å². The summed E-state index contributed by atoms with van der Waals surface area (Å²) in [4.78, 5) is 0. The van der Waals surface area contributed by atoms with E-state index < -0.39 is 16.9 Å². The molecule has 0 aliphatic heterocycles. The molecule has 0 saturated heterocycles. The van der Waals surface area contributed by atoms with Crippen LogP contribution in [0.5, 0.6) is 0 Å². The topological polar surface area (TPSA) is 38.8 Å². The van der Waals surface area contributed by atoms with Crippen molar-refractivity contribution >= 4 is 11.3 Å². The zero-order valence-corrected chi connectivity index (χ0v) is 13.0. The first-order valence-electron chi connectivity index (χ1n) is 6.11. The number of nitrogens with zero attached hydrogens (tertiary/aromatic N) is 1. The summed E-state index contributed by atoms with van der Waals surface area (Å²) < 4.78 is 24.7. The summed E-state index contributed by atoms with van der Waals surface area (Å²) in [5, 5.41) is 0. The van der Waals surface area contributed by atoms with Crippen LogP contribution in [0, 0.1) is 0 Å². The van der Waals surface area contributed by atoms with Gasteiger partial charge in [-0.05, 0) is 34.6 Å². The van der Waals surface area contributed by atoms with E-state index >= 15 is 0 Å². The zero-order valence-electron chi connectivity index (χ0n) is 12.2. The Morgan fingerprint density at radius 1 is 1.06 bits per heavy atom. The molecule has 104 valence electrons. The second kappa shape index (κ2) is 6.83. The highest BCUT2D eigenvalue weighted by molar-refractivity contribution is 7.77. The molecular formula is C12H27NO3S. The maximum atomic E-state index is 11.8. The fraction of sp³-hybridized carbons (Fsp3) is 1.00. The van der Waals surface area contributed by atoms with Crippen LogP contribution in [0.2, 0.25) is 0 Å². The predicted molar refractivity (Wildman–Crippen MR) is 71.9 cm³/mol. The van der Waals surface area contributed by atoms with Crippen molar-refractivity contribution in [3.8, 4) is 0 Å². The molecule has 0 heterocycles. The predicted octanol–water partition coefficient (Wildman–Crippen LogP) is 2.52. The van der Waals surface area contributed by atoms with E-state index in [1.807, 2.05) is 48.5 Å². The summed E-state index contributed by atoms with van der Waals surface area (Å²) in [6.45, 7) is 15.5. The monoisotopic (exact) mass is 265 g/mol. The van der Waals surface area contributed by atoms with Crippen LogP contribution >= 0.6 is 0 Å². The third-order valence-electron chi connectivity index (χ3n) is 2.01. The molecule has 0 saturated carbocycles. The first-order chi connectivity index (χ1) is 7.61. The zero-order chi connectivity index (χ0) is 13.7. The highest BCUT2D eigenvalue weighted by Crippen LogP contribution is 2.20. The summed E-state index contributed by atoms with van der Waals surface area (Å²) >= 11 is -1.38. The highest BCUT2D eigenvalue weighted by Gasteiger charge is 2.27. The lowest BCUT2D eigenvalue weighted by Gasteiger charge is -2.33. The third-order valence-corrected chi connectivity index (χ3v) is 3.26. The molecule has 0 amide bonds. The van der Waals surface area contributed by atoms with E-state index in [-0.39, 0.29) is 5.60 Å². The van der Waals surface area contributed by atoms with Crippen LogP contribution in [-0.4, -0.2) is 39.4 Å². The molecule has 1 atom stereocenters. The van der Waals surface area contributed by atoms with E-state index in [0.717, 1.165) is 0 Å². The van der Waals surface area contributed by atoms with Gasteiger partial charge in [0.1, 0.15) is 0 Å². The number of rotatable bonds is 7. The summed E-state index contributed by atoms with van der Waals surface area (Å²) in [5.74, 6) is 0. The lowest BCUT2D eigenvalue weighted by molar-refractivity contribution is -0.127. The molecule has 5 heteroatoms. The molecule has 0 aromatic heterocycles. The minimum Gasteiger partial charge on any atom is -0.368 e. The Hall–Kier alpha value is 0.0300. The lowest BCUT2D eigenvalue weighted by atomic mass is 10.1. The number of hydrogen-bond acceptors (Lipinski definition) is 3. The van der Waals surface area contributed by atoms with Crippen molar-refractivity contribution in [1.29, 1.82) is 0 Å². The van der Waals surface area contributed by atoms with Crippen LogP contribution in [0.25, 0.3) is 0 Å². The highest BCUT2D eigenvalue weighted by atomic mass is 32.2. The molecule has 0 rings (SSSR count). The Morgan fingerprint density at radius 2 is 1.53 bits per heavy atom. The van der Waals surface area contributed by atoms with Gasteiger partial charge in [0, 0.05) is 13.1 Å². The second-order valence-corrected chi connectivity index (χ2v) is 6.75. The van der Waals surface area contributed by atoms with E-state index in [1.165, 1.54) is 0 Å². The van der Waals surface area contributed by atoms with E-state index in [9.17, 15) is 4.21 Å². The Labute approximate surface area is 108 Å². The Kier molecular flexibility index (Phi) is 6.84. The van der Waals surface area contributed by atoms with Crippen molar-refractivity contribution in [2.45, 2.75) is 59.7 Å². The van der Waals surface area contributed by atoms with Gasteiger partial charge in [0.15, 0.2) is 0 Å². The molecular weight excluding hydrogens is 238 g/mol. The summed E-state index contributed by atoms with van der Waals surface area (Å²) in [6.07, 6.45) is 0. The van der Waals surface area contributed by atoms with Crippen molar-refractivity contribution in [2.24, 2.45) is 0 Å². The normalized spacial score (nSPS) is 15.3. The fourth-order valence-corrected chi connectivity index (χ4v) is 2.51. The smallest absolute Gasteiger partial charge is 0.237 e. The molecule has 0 radical (unpaired) electrons. The van der Waals surface area contributed by atoms with E-state index in [1.54, 1.807) is 4.31 Å². The SMILES string of the molecule is CCN(CC)S(=O)OCC(C)(C)OC(C)(C)C. The van der Waals surface area contributed by atoms with Gasteiger partial charge in [-0.15, -0.1) is 0 Å². The molecule has 0 aromatic carbocycles. The number of hydrogen-bond donors (Lipinski definition) is 0. The lowest BCUT2D eigenvalue weighted by Crippen LogP contribution is -2.40. The van der Waals surface area contributed by atoms with E-state index in [4.69, 9.17) is 8.92 Å². The average molecular weight is 265 g/mol. The molecule has 0 spiro atoms. The van der Waals surface area contributed by atoms with Gasteiger partial charge < -0.3 is 4.74 Å². The van der Waals surface area contributed by atoms with Crippen molar-refractivity contribution in [3.63, 3.8) is 0 Å². The van der Waals surface area contributed by atoms with Gasteiger partial charge in [0.05, 0.1) is 17.8 Å². The molecule has 0 aromatic rings. The molecule has 4 nitrogen and oxygen atoms in total. The summed E-state index contributed by atoms with van der Waals surface area (Å²) in [5.41, 5.74) is -0.676. The van der Waals surface area contributed by atoms with Gasteiger partial charge in [0.25, 0.3) is 0 Å². The minimum atomic E-state index is -1.38. The molecule has 0 aliphatic rings. The first kappa shape index (κ1) is 17.0. The second-order valence-electron chi connectivity index (χ2n) is 5.57. The van der Waals surface area contributed by atoms with Gasteiger partial charge in [0.2, 0.25) is 11.3 Å². The van der Waals surface area contributed by atoms with Crippen LogP contribution in [0.1, 0.15) is 48.5 Å². The van der Waals surface area contributed by atoms with Gasteiger partial charge in [-0.25, -0.2) is 8.51 Å². The summed E-state index contributed by atoms with van der Waals surface area (Å²) in [7, 11) is 0. The van der Waals surface area contributed by atoms with Crippen LogP contribution in [-0.2, 0) is 20.2 Å². The maximum absolute atomic E-state index is 11.8. The number of ether oxygens (including phenoxy) is 1. The standard InChI is InChI=1S/C12H27NO3S/c1-8-13(9-2)17(14)15-10-12(6,7)16-11(3,4)5/h8-10H2,1-7H3. The molecule has 0 fully saturated rings. The Morgan fingerprint density at radius 3 is 1.88 bits per heavy atom. The molecule has 1 unspecified atom stereocenters. The van der Waals surface area contributed by atoms with Gasteiger partial charge in [-0.2, -0.15) is 0 Å². The molecule has 0 aliphatic carbocycles. The fourth-order valence-electron chi connectivity index (χ4n) is 1.56. The Balaban J connectivity index is 4.22. The minimum absolute atomic E-state index is 0.233. The van der Waals surface area contributed by atoms with Crippen molar-refractivity contribution < 1.29 is 13.1 Å². The van der Waals surface area contributed by atoms with Crippen molar-refractivity contribution in [1.82, 2.24) is 4.31 Å². The molecule has 0 bridgehead atoms. The maximum Gasteiger partial charge on any atom is 0.237 e. The average Bonchev–Trinajstić information content (AvgIpc) is 2.13. The quantitative estimate of drug-likeness (QED) is 0.710. The van der Waals surface area contributed by atoms with E-state index in [2.05, 4.69) is 0 Å². The van der Waals surface area contributed by atoms with Gasteiger partial charge in [-0.3, -0.25) is 4.18 Å². The third kappa shape index (κ3) is 7.86. The Bertz CT molecular complexity index is 245. The van der Waals surface area contributed by atoms with Crippen LogP contribution in [0.15, 0.2) is 0 Å². The summed E-state index contributed by atoms with van der Waals surface area (Å²) in [6, 6.07) is 0. The first-order valence-corrected chi connectivity index (χ1v) is 7.14.